The van der Waals surface area contributed by atoms with Crippen molar-refractivity contribution in [1.29, 1.82) is 0 Å². The molecule has 0 rings (SSSR count). The van der Waals surface area contributed by atoms with Crippen LogP contribution in [0.1, 0.15) is 136 Å². The quantitative estimate of drug-likeness (QED) is 0.121. The fraction of sp³-hybridized carbons (Fsp3) is 1.00. The van der Waals surface area contributed by atoms with Gasteiger partial charge in [0, 0.05) is 0 Å². The third kappa shape index (κ3) is 18.2. The topological polar surface area (TPSA) is 0 Å². The molecular formula is C24H51ClGe. The van der Waals surface area contributed by atoms with Crippen molar-refractivity contribution in [3.05, 3.63) is 0 Å². The molecule has 0 atom stereocenters. The van der Waals surface area contributed by atoms with E-state index in [4.69, 9.17) is 10.0 Å². The molecular weight excluding hydrogens is 396 g/mol. The fourth-order valence-electron chi connectivity index (χ4n) is 4.04. The van der Waals surface area contributed by atoms with Gasteiger partial charge in [-0.05, 0) is 0 Å². The predicted molar refractivity (Wildman–Crippen MR) is 126 cm³/mol. The molecule has 0 nitrogen and oxygen atoms in total. The number of hydrogen-bond donors (Lipinski definition) is 0. The van der Waals surface area contributed by atoms with Crippen LogP contribution in [0, 0.1) is 0 Å². The first-order valence-electron chi connectivity index (χ1n) is 12.4. The SMILES string of the molecule is CCCCCCC[CH2][Ge]([Cl])([CH2]CCCCCCC)[CH2]CCCCCCC. The average Bonchev–Trinajstić information content (AvgIpc) is 2.64. The number of rotatable bonds is 21. The Morgan fingerprint density at radius 2 is 0.615 bits per heavy atom. The molecule has 0 saturated carbocycles. The summed E-state index contributed by atoms with van der Waals surface area (Å²) in [5, 5.41) is 4.33. The Morgan fingerprint density at radius 3 is 0.885 bits per heavy atom. The van der Waals surface area contributed by atoms with Crippen LogP contribution >= 0.6 is 10.0 Å². The second-order valence-corrected chi connectivity index (χ2v) is 20.8. The van der Waals surface area contributed by atoms with Gasteiger partial charge in [-0.1, -0.05) is 0 Å². The molecule has 0 aliphatic rings. The van der Waals surface area contributed by atoms with E-state index in [2.05, 4.69) is 20.8 Å². The normalized spacial score (nSPS) is 12.0. The molecule has 0 spiro atoms. The van der Waals surface area contributed by atoms with Gasteiger partial charge in [-0.3, -0.25) is 0 Å². The van der Waals surface area contributed by atoms with E-state index in [-0.39, 0.29) is 0 Å². The minimum atomic E-state index is -2.04. The van der Waals surface area contributed by atoms with Crippen molar-refractivity contribution in [3.63, 3.8) is 0 Å². The molecule has 0 aliphatic carbocycles. The molecule has 0 radical (unpaired) electrons. The molecule has 2 heteroatoms. The van der Waals surface area contributed by atoms with Crippen LogP contribution in [-0.4, -0.2) is 12.3 Å². The maximum absolute atomic E-state index is 7.35. The first kappa shape index (κ1) is 26.8. The van der Waals surface area contributed by atoms with Crippen LogP contribution < -0.4 is 0 Å². The van der Waals surface area contributed by atoms with Gasteiger partial charge in [0.2, 0.25) is 0 Å². The molecule has 0 unspecified atom stereocenters. The van der Waals surface area contributed by atoms with E-state index >= 15 is 0 Å². The van der Waals surface area contributed by atoms with E-state index in [0.717, 1.165) is 0 Å². The van der Waals surface area contributed by atoms with Crippen LogP contribution in [0.25, 0.3) is 0 Å². The van der Waals surface area contributed by atoms with Gasteiger partial charge in [0.15, 0.2) is 0 Å². The van der Waals surface area contributed by atoms with Crippen LogP contribution in [0.3, 0.4) is 0 Å². The summed E-state index contributed by atoms with van der Waals surface area (Å²) < 4.78 is 0. The summed E-state index contributed by atoms with van der Waals surface area (Å²) in [5.74, 6) is 0. The van der Waals surface area contributed by atoms with E-state index in [0.29, 0.717) is 0 Å². The zero-order valence-corrected chi connectivity index (χ0v) is 21.6. The van der Waals surface area contributed by atoms with Crippen LogP contribution in [0.4, 0.5) is 0 Å². The summed E-state index contributed by atoms with van der Waals surface area (Å²) in [6, 6.07) is 0. The molecule has 0 heterocycles. The summed E-state index contributed by atoms with van der Waals surface area (Å²) in [7, 11) is 7.35. The summed E-state index contributed by atoms with van der Waals surface area (Å²) in [6.45, 7) is 6.92. The third-order valence-corrected chi connectivity index (χ3v) is 16.7. The molecule has 0 bridgehead atoms. The van der Waals surface area contributed by atoms with Crippen molar-refractivity contribution < 1.29 is 0 Å². The first-order chi connectivity index (χ1) is 12.7. The Balaban J connectivity index is 4.02. The summed E-state index contributed by atoms with van der Waals surface area (Å²) >= 11 is -2.04. The third-order valence-electron chi connectivity index (χ3n) is 5.94. The van der Waals surface area contributed by atoms with Crippen LogP contribution in [0.5, 0.6) is 0 Å². The van der Waals surface area contributed by atoms with Gasteiger partial charge in [-0.15, -0.1) is 0 Å². The molecule has 0 saturated heterocycles. The predicted octanol–water partition coefficient (Wildman–Crippen LogP) is 10.3. The minimum absolute atomic E-state index is 1.35. The van der Waals surface area contributed by atoms with Crippen LogP contribution in [-0.2, 0) is 0 Å². The van der Waals surface area contributed by atoms with Gasteiger partial charge in [0.1, 0.15) is 0 Å². The fourth-order valence-corrected chi connectivity index (χ4v) is 13.3. The number of unbranched alkanes of at least 4 members (excludes halogenated alkanes) is 15. The van der Waals surface area contributed by atoms with E-state index in [9.17, 15) is 0 Å². The van der Waals surface area contributed by atoms with E-state index in [1.54, 1.807) is 0 Å². The van der Waals surface area contributed by atoms with Crippen molar-refractivity contribution in [2.24, 2.45) is 0 Å². The van der Waals surface area contributed by atoms with Gasteiger partial charge >= 0.3 is 174 Å². The maximum atomic E-state index is 7.35. The second-order valence-electron chi connectivity index (χ2n) is 8.70. The standard InChI is InChI=1S/C24H51ClGe/c1-4-7-10-13-16-19-22-26(25,23-20-17-14-11-8-5-2)24-21-18-15-12-9-6-3/h4-24H2,1-3H3. The Kier molecular flexibility index (Phi) is 21.2. The zero-order chi connectivity index (χ0) is 19.3. The summed E-state index contributed by atoms with van der Waals surface area (Å²) in [6.07, 6.45) is 25.6. The molecule has 0 aliphatic heterocycles. The van der Waals surface area contributed by atoms with E-state index < -0.39 is 12.3 Å². The van der Waals surface area contributed by atoms with Gasteiger partial charge in [-0.2, -0.15) is 0 Å². The molecule has 0 aromatic carbocycles. The van der Waals surface area contributed by atoms with Crippen LogP contribution in [0.15, 0.2) is 0 Å². The monoisotopic (exact) mass is 448 g/mol. The molecule has 0 fully saturated rings. The van der Waals surface area contributed by atoms with Crippen molar-refractivity contribution in [2.75, 3.05) is 0 Å². The van der Waals surface area contributed by atoms with Gasteiger partial charge < -0.3 is 0 Å². The van der Waals surface area contributed by atoms with Gasteiger partial charge in [0.05, 0.1) is 0 Å². The average molecular weight is 448 g/mol. The number of halogens is 1. The molecule has 0 aromatic rings. The summed E-state index contributed by atoms with van der Waals surface area (Å²) in [4.78, 5) is 0. The first-order valence-corrected chi connectivity index (χ1v) is 19.6. The Morgan fingerprint density at radius 1 is 0.385 bits per heavy atom. The van der Waals surface area contributed by atoms with E-state index in [1.165, 1.54) is 131 Å². The van der Waals surface area contributed by atoms with Crippen molar-refractivity contribution in [1.82, 2.24) is 0 Å². The van der Waals surface area contributed by atoms with Crippen molar-refractivity contribution >= 4 is 22.3 Å². The van der Waals surface area contributed by atoms with Crippen LogP contribution in [0.2, 0.25) is 15.8 Å². The zero-order valence-electron chi connectivity index (χ0n) is 18.7. The second kappa shape index (κ2) is 20.6. The molecule has 26 heavy (non-hydrogen) atoms. The molecule has 0 N–H and O–H groups in total. The van der Waals surface area contributed by atoms with Gasteiger partial charge in [0.25, 0.3) is 0 Å². The molecule has 0 amide bonds. The molecule has 158 valence electrons. The summed E-state index contributed by atoms with van der Waals surface area (Å²) in [5.41, 5.74) is 0. The van der Waals surface area contributed by atoms with Gasteiger partial charge in [-0.25, -0.2) is 0 Å². The Bertz CT molecular complexity index is 226. The number of hydrogen-bond acceptors (Lipinski definition) is 0. The molecule has 0 aromatic heterocycles. The Labute approximate surface area is 174 Å². The Hall–Kier alpha value is 0.833. The van der Waals surface area contributed by atoms with Crippen molar-refractivity contribution in [2.45, 2.75) is 152 Å². The van der Waals surface area contributed by atoms with Crippen molar-refractivity contribution in [3.8, 4) is 0 Å². The van der Waals surface area contributed by atoms with E-state index in [1.807, 2.05) is 0 Å².